The van der Waals surface area contributed by atoms with E-state index in [9.17, 15) is 4.79 Å². The monoisotopic (exact) mass is 232 g/mol. The summed E-state index contributed by atoms with van der Waals surface area (Å²) >= 11 is 0. The zero-order valence-corrected chi connectivity index (χ0v) is 10.5. The molecule has 0 saturated heterocycles. The van der Waals surface area contributed by atoms with Gasteiger partial charge in [-0.05, 0) is 20.8 Å². The van der Waals surface area contributed by atoms with Gasteiger partial charge in [-0.2, -0.15) is 0 Å². The molecule has 2 N–H and O–H groups in total. The molecule has 0 spiro atoms. The van der Waals surface area contributed by atoms with Gasteiger partial charge in [0.25, 0.3) is 0 Å². The number of nitrogens with one attached hydrogen (secondary N) is 2. The molecule has 16 heavy (non-hydrogen) atoms. The normalized spacial score (nSPS) is 10.8. The molecule has 0 heterocycles. The van der Waals surface area contributed by atoms with E-state index in [2.05, 4.69) is 10.6 Å². The third-order valence-corrected chi connectivity index (χ3v) is 1.92. The lowest BCUT2D eigenvalue weighted by molar-refractivity contribution is -0.139. The Kier molecular flexibility index (Phi) is 10.4. The molecule has 0 atom stereocenters. The van der Waals surface area contributed by atoms with Gasteiger partial charge in [0.2, 0.25) is 5.91 Å². The SMILES string of the molecule is CCNC(=O)CNCCC(OCC)OCC. The number of hydrogen-bond donors (Lipinski definition) is 2. The van der Waals surface area contributed by atoms with Crippen LogP contribution in [0.4, 0.5) is 0 Å². The van der Waals surface area contributed by atoms with Crippen LogP contribution in [0.1, 0.15) is 27.2 Å². The van der Waals surface area contributed by atoms with Crippen LogP contribution >= 0.6 is 0 Å². The first-order valence-corrected chi connectivity index (χ1v) is 5.95. The first kappa shape index (κ1) is 15.3. The summed E-state index contributed by atoms with van der Waals surface area (Å²) in [6.45, 7) is 8.78. The molecule has 5 heteroatoms. The molecular formula is C11H24N2O3. The van der Waals surface area contributed by atoms with Crippen molar-refractivity contribution in [2.24, 2.45) is 0 Å². The Morgan fingerprint density at radius 3 is 2.31 bits per heavy atom. The van der Waals surface area contributed by atoms with Gasteiger partial charge in [0.05, 0.1) is 6.54 Å². The highest BCUT2D eigenvalue weighted by atomic mass is 16.7. The minimum atomic E-state index is -0.170. The summed E-state index contributed by atoms with van der Waals surface area (Å²) in [5.74, 6) is 0.0202. The van der Waals surface area contributed by atoms with Gasteiger partial charge in [-0.1, -0.05) is 0 Å². The highest BCUT2D eigenvalue weighted by Gasteiger charge is 2.07. The van der Waals surface area contributed by atoms with Crippen LogP contribution in [0, 0.1) is 0 Å². The van der Waals surface area contributed by atoms with Gasteiger partial charge in [0.15, 0.2) is 6.29 Å². The maximum absolute atomic E-state index is 11.1. The Balaban J connectivity index is 3.49. The van der Waals surface area contributed by atoms with E-state index in [0.717, 1.165) is 6.42 Å². The molecule has 0 aromatic rings. The number of amides is 1. The maximum atomic E-state index is 11.1. The number of hydrogen-bond acceptors (Lipinski definition) is 4. The lowest BCUT2D eigenvalue weighted by atomic mass is 10.4. The second kappa shape index (κ2) is 10.9. The standard InChI is InChI=1S/C11H24N2O3/c1-4-13-10(14)9-12-8-7-11(15-5-2)16-6-3/h11-12H,4-9H2,1-3H3,(H,13,14). The lowest BCUT2D eigenvalue weighted by Crippen LogP contribution is -2.35. The average molecular weight is 232 g/mol. The van der Waals surface area contributed by atoms with Crippen molar-refractivity contribution < 1.29 is 14.3 Å². The van der Waals surface area contributed by atoms with Gasteiger partial charge in [0, 0.05) is 32.7 Å². The van der Waals surface area contributed by atoms with Crippen molar-refractivity contribution in [2.45, 2.75) is 33.5 Å². The van der Waals surface area contributed by atoms with E-state index in [4.69, 9.17) is 9.47 Å². The molecule has 0 fully saturated rings. The summed E-state index contributed by atoms with van der Waals surface area (Å²) in [5.41, 5.74) is 0. The van der Waals surface area contributed by atoms with Crippen LogP contribution in [0.5, 0.6) is 0 Å². The van der Waals surface area contributed by atoms with Crippen molar-refractivity contribution in [1.82, 2.24) is 10.6 Å². The third-order valence-electron chi connectivity index (χ3n) is 1.92. The smallest absolute Gasteiger partial charge is 0.233 e. The van der Waals surface area contributed by atoms with Crippen molar-refractivity contribution >= 4 is 5.91 Å². The Hall–Kier alpha value is -0.650. The van der Waals surface area contributed by atoms with Gasteiger partial charge < -0.3 is 20.1 Å². The molecule has 0 radical (unpaired) electrons. The summed E-state index contributed by atoms with van der Waals surface area (Å²) in [6.07, 6.45) is 0.581. The van der Waals surface area contributed by atoms with E-state index in [1.807, 2.05) is 20.8 Å². The lowest BCUT2D eigenvalue weighted by Gasteiger charge is -2.16. The van der Waals surface area contributed by atoms with Crippen molar-refractivity contribution in [1.29, 1.82) is 0 Å². The molecule has 96 valence electrons. The van der Waals surface area contributed by atoms with Gasteiger partial charge in [-0.3, -0.25) is 4.79 Å². The molecule has 0 aliphatic rings. The largest absolute Gasteiger partial charge is 0.355 e. The number of carbonyl (C=O) groups is 1. The van der Waals surface area contributed by atoms with Crippen LogP contribution in [-0.2, 0) is 14.3 Å². The summed E-state index contributed by atoms with van der Waals surface area (Å²) in [5, 5.41) is 5.77. The van der Waals surface area contributed by atoms with E-state index < -0.39 is 0 Å². The van der Waals surface area contributed by atoms with Crippen LogP contribution in [0.3, 0.4) is 0 Å². The fourth-order valence-corrected chi connectivity index (χ4v) is 1.27. The minimum Gasteiger partial charge on any atom is -0.355 e. The summed E-state index contributed by atoms with van der Waals surface area (Å²) in [6, 6.07) is 0. The van der Waals surface area contributed by atoms with Crippen LogP contribution in [0.2, 0.25) is 0 Å². The van der Waals surface area contributed by atoms with E-state index >= 15 is 0 Å². The first-order valence-electron chi connectivity index (χ1n) is 5.95. The van der Waals surface area contributed by atoms with Crippen LogP contribution in [0.15, 0.2) is 0 Å². The van der Waals surface area contributed by atoms with Crippen molar-refractivity contribution in [3.63, 3.8) is 0 Å². The maximum Gasteiger partial charge on any atom is 0.233 e. The molecule has 0 saturated carbocycles. The number of ether oxygens (including phenoxy) is 2. The summed E-state index contributed by atoms with van der Waals surface area (Å²) < 4.78 is 10.7. The molecule has 0 aromatic heterocycles. The highest BCUT2D eigenvalue weighted by molar-refractivity contribution is 5.77. The van der Waals surface area contributed by atoms with Crippen LogP contribution < -0.4 is 10.6 Å². The Bertz CT molecular complexity index is 171. The average Bonchev–Trinajstić information content (AvgIpc) is 2.25. The minimum absolute atomic E-state index is 0.0202. The Morgan fingerprint density at radius 1 is 1.19 bits per heavy atom. The highest BCUT2D eigenvalue weighted by Crippen LogP contribution is 1.99. The number of carbonyl (C=O) groups excluding carboxylic acids is 1. The van der Waals surface area contributed by atoms with Crippen LogP contribution in [0.25, 0.3) is 0 Å². The molecule has 0 rings (SSSR count). The van der Waals surface area contributed by atoms with Gasteiger partial charge in [-0.15, -0.1) is 0 Å². The molecule has 1 amide bonds. The fraction of sp³-hybridized carbons (Fsp3) is 0.909. The van der Waals surface area contributed by atoms with Gasteiger partial charge in [-0.25, -0.2) is 0 Å². The number of rotatable bonds is 10. The second-order valence-corrected chi connectivity index (χ2v) is 3.26. The predicted molar refractivity (Wildman–Crippen MR) is 63.2 cm³/mol. The van der Waals surface area contributed by atoms with E-state index in [1.54, 1.807) is 0 Å². The number of likely N-dealkylation sites (N-methyl/N-ethyl adjacent to an activating group) is 1. The second-order valence-electron chi connectivity index (χ2n) is 3.26. The zero-order valence-electron chi connectivity index (χ0n) is 10.5. The Labute approximate surface area is 97.9 Å². The predicted octanol–water partition coefficient (Wildman–Crippen LogP) is 0.501. The summed E-state index contributed by atoms with van der Waals surface area (Å²) in [4.78, 5) is 11.1. The molecule has 0 unspecified atom stereocenters. The van der Waals surface area contributed by atoms with E-state index in [1.165, 1.54) is 0 Å². The fourth-order valence-electron chi connectivity index (χ4n) is 1.27. The summed E-state index contributed by atoms with van der Waals surface area (Å²) in [7, 11) is 0. The molecule has 5 nitrogen and oxygen atoms in total. The molecule has 0 aromatic carbocycles. The van der Waals surface area contributed by atoms with Gasteiger partial charge in [0.1, 0.15) is 0 Å². The van der Waals surface area contributed by atoms with E-state index in [-0.39, 0.29) is 12.2 Å². The topological polar surface area (TPSA) is 59.6 Å². The quantitative estimate of drug-likeness (QED) is 0.425. The molecule has 0 bridgehead atoms. The van der Waals surface area contributed by atoms with Crippen molar-refractivity contribution in [2.75, 3.05) is 32.8 Å². The van der Waals surface area contributed by atoms with Crippen molar-refractivity contribution in [3.05, 3.63) is 0 Å². The molecule has 0 aliphatic heterocycles. The van der Waals surface area contributed by atoms with Crippen LogP contribution in [-0.4, -0.2) is 45.0 Å². The van der Waals surface area contributed by atoms with E-state index in [0.29, 0.717) is 32.8 Å². The third kappa shape index (κ3) is 8.64. The molecule has 0 aliphatic carbocycles. The zero-order chi connectivity index (χ0) is 12.2. The first-order chi connectivity index (χ1) is 7.74. The Morgan fingerprint density at radius 2 is 1.81 bits per heavy atom. The van der Waals surface area contributed by atoms with Crippen molar-refractivity contribution in [3.8, 4) is 0 Å². The molecular weight excluding hydrogens is 208 g/mol. The van der Waals surface area contributed by atoms with Gasteiger partial charge >= 0.3 is 0 Å².